The highest BCUT2D eigenvalue weighted by Crippen LogP contribution is 2.25. The first-order chi connectivity index (χ1) is 9.65. The van der Waals surface area contributed by atoms with Gasteiger partial charge in [-0.05, 0) is 37.6 Å². The maximum Gasteiger partial charge on any atom is 0.119 e. The molecule has 0 fully saturated rings. The van der Waals surface area contributed by atoms with Crippen molar-refractivity contribution in [2.45, 2.75) is 20.5 Å². The minimum Gasteiger partial charge on any atom is -0.489 e. The van der Waals surface area contributed by atoms with E-state index in [1.54, 1.807) is 0 Å². The molecule has 2 aromatic carbocycles. The predicted octanol–water partition coefficient (Wildman–Crippen LogP) is 4.37. The van der Waals surface area contributed by atoms with Crippen LogP contribution in [0.3, 0.4) is 0 Å². The zero-order valence-corrected chi connectivity index (χ0v) is 12.2. The van der Waals surface area contributed by atoms with E-state index in [9.17, 15) is 0 Å². The van der Waals surface area contributed by atoms with Crippen molar-refractivity contribution in [3.8, 4) is 5.75 Å². The lowest BCUT2D eigenvalue weighted by Gasteiger charge is -2.06. The first kappa shape index (κ1) is 12.8. The maximum absolute atomic E-state index is 5.91. The van der Waals surface area contributed by atoms with Crippen LogP contribution in [0.4, 0.5) is 0 Å². The molecular formula is C18H19NO. The molecule has 102 valence electrons. The van der Waals surface area contributed by atoms with Crippen LogP contribution in [0.1, 0.15) is 16.7 Å². The molecule has 0 aliphatic carbocycles. The zero-order chi connectivity index (χ0) is 14.1. The van der Waals surface area contributed by atoms with E-state index in [1.807, 2.05) is 12.1 Å². The standard InChI is InChI=1S/C18H19NO/c1-13-7-9-16(10-8-13)20-12-15-11-19(3)17-6-4-5-14(2)18(15)17/h4-11H,12H2,1-3H3. The quantitative estimate of drug-likeness (QED) is 0.685. The second kappa shape index (κ2) is 5.04. The summed E-state index contributed by atoms with van der Waals surface area (Å²) >= 11 is 0. The van der Waals surface area contributed by atoms with E-state index in [4.69, 9.17) is 4.74 Å². The monoisotopic (exact) mass is 265 g/mol. The molecule has 0 amide bonds. The summed E-state index contributed by atoms with van der Waals surface area (Å²) in [5, 5.41) is 1.31. The van der Waals surface area contributed by atoms with Crippen molar-refractivity contribution < 1.29 is 4.74 Å². The van der Waals surface area contributed by atoms with Crippen molar-refractivity contribution in [3.05, 3.63) is 65.4 Å². The minimum atomic E-state index is 0.602. The second-order valence-corrected chi connectivity index (χ2v) is 5.34. The van der Waals surface area contributed by atoms with Gasteiger partial charge >= 0.3 is 0 Å². The van der Waals surface area contributed by atoms with Gasteiger partial charge in [0.15, 0.2) is 0 Å². The molecule has 2 nitrogen and oxygen atoms in total. The molecule has 20 heavy (non-hydrogen) atoms. The number of rotatable bonds is 3. The van der Waals surface area contributed by atoms with Crippen molar-refractivity contribution in [1.29, 1.82) is 0 Å². The first-order valence-corrected chi connectivity index (χ1v) is 6.88. The fourth-order valence-electron chi connectivity index (χ4n) is 2.64. The number of fused-ring (bicyclic) bond motifs is 1. The normalized spacial score (nSPS) is 10.9. The smallest absolute Gasteiger partial charge is 0.119 e. The Morgan fingerprint density at radius 2 is 1.75 bits per heavy atom. The van der Waals surface area contributed by atoms with Crippen LogP contribution in [0.15, 0.2) is 48.7 Å². The third kappa shape index (κ3) is 2.29. The maximum atomic E-state index is 5.91. The van der Waals surface area contributed by atoms with Crippen LogP contribution in [0, 0.1) is 13.8 Å². The van der Waals surface area contributed by atoms with E-state index in [0.717, 1.165) is 5.75 Å². The summed E-state index contributed by atoms with van der Waals surface area (Å²) in [5.74, 6) is 0.918. The van der Waals surface area contributed by atoms with Crippen molar-refractivity contribution in [1.82, 2.24) is 4.57 Å². The largest absolute Gasteiger partial charge is 0.489 e. The van der Waals surface area contributed by atoms with Crippen LogP contribution in [0.25, 0.3) is 10.9 Å². The first-order valence-electron chi connectivity index (χ1n) is 6.88. The van der Waals surface area contributed by atoms with Crippen LogP contribution >= 0.6 is 0 Å². The Morgan fingerprint density at radius 1 is 1.00 bits per heavy atom. The Hall–Kier alpha value is -2.22. The van der Waals surface area contributed by atoms with Gasteiger partial charge < -0.3 is 9.30 Å². The Bertz CT molecular complexity index is 738. The van der Waals surface area contributed by atoms with Crippen LogP contribution in [-0.4, -0.2) is 4.57 Å². The molecule has 3 aromatic rings. The lowest BCUT2D eigenvalue weighted by molar-refractivity contribution is 0.307. The number of hydrogen-bond acceptors (Lipinski definition) is 1. The van der Waals surface area contributed by atoms with Crippen LogP contribution in [0.5, 0.6) is 5.75 Å². The Kier molecular flexibility index (Phi) is 3.23. The second-order valence-electron chi connectivity index (χ2n) is 5.34. The lowest BCUT2D eigenvalue weighted by Crippen LogP contribution is -1.95. The van der Waals surface area contributed by atoms with E-state index < -0.39 is 0 Å². The number of aromatic nitrogens is 1. The number of nitrogens with zero attached hydrogens (tertiary/aromatic N) is 1. The molecule has 3 rings (SSSR count). The number of benzene rings is 2. The molecule has 0 spiro atoms. The topological polar surface area (TPSA) is 14.2 Å². The number of aryl methyl sites for hydroxylation is 3. The van der Waals surface area contributed by atoms with Gasteiger partial charge in [-0.3, -0.25) is 0 Å². The minimum absolute atomic E-state index is 0.602. The zero-order valence-electron chi connectivity index (χ0n) is 12.2. The van der Waals surface area contributed by atoms with Crippen LogP contribution in [-0.2, 0) is 13.7 Å². The highest BCUT2D eigenvalue weighted by molar-refractivity contribution is 5.87. The highest BCUT2D eigenvalue weighted by atomic mass is 16.5. The summed E-state index contributed by atoms with van der Waals surface area (Å²) in [6, 6.07) is 14.6. The molecule has 0 atom stereocenters. The van der Waals surface area contributed by atoms with E-state index >= 15 is 0 Å². The van der Waals surface area contributed by atoms with Gasteiger partial charge in [0.2, 0.25) is 0 Å². The molecule has 0 saturated carbocycles. The molecule has 0 saturated heterocycles. The average molecular weight is 265 g/mol. The van der Waals surface area contributed by atoms with Gasteiger partial charge in [-0.25, -0.2) is 0 Å². The van der Waals surface area contributed by atoms with E-state index in [1.165, 1.54) is 27.6 Å². The van der Waals surface area contributed by atoms with E-state index in [0.29, 0.717) is 6.61 Å². The molecule has 0 aliphatic rings. The van der Waals surface area contributed by atoms with Gasteiger partial charge in [-0.15, -0.1) is 0 Å². The average Bonchev–Trinajstić information content (AvgIpc) is 2.77. The summed E-state index contributed by atoms with van der Waals surface area (Å²) in [4.78, 5) is 0. The summed E-state index contributed by atoms with van der Waals surface area (Å²) in [5.41, 5.74) is 5.04. The van der Waals surface area contributed by atoms with Crippen molar-refractivity contribution in [2.75, 3.05) is 0 Å². The molecule has 0 bridgehead atoms. The lowest BCUT2D eigenvalue weighted by atomic mass is 10.1. The van der Waals surface area contributed by atoms with Crippen molar-refractivity contribution in [3.63, 3.8) is 0 Å². The molecule has 0 N–H and O–H groups in total. The molecule has 0 unspecified atom stereocenters. The molecule has 0 aliphatic heterocycles. The number of ether oxygens (including phenoxy) is 1. The molecule has 0 radical (unpaired) electrons. The summed E-state index contributed by atoms with van der Waals surface area (Å²) < 4.78 is 8.07. The van der Waals surface area contributed by atoms with Gasteiger partial charge in [-0.1, -0.05) is 29.8 Å². The Labute approximate surface area is 119 Å². The summed E-state index contributed by atoms with van der Waals surface area (Å²) in [6.07, 6.45) is 2.16. The highest BCUT2D eigenvalue weighted by Gasteiger charge is 2.09. The summed E-state index contributed by atoms with van der Waals surface area (Å²) in [7, 11) is 2.08. The van der Waals surface area contributed by atoms with Gasteiger partial charge in [0.25, 0.3) is 0 Å². The van der Waals surface area contributed by atoms with Crippen LogP contribution < -0.4 is 4.74 Å². The van der Waals surface area contributed by atoms with Crippen molar-refractivity contribution in [2.24, 2.45) is 7.05 Å². The Balaban J connectivity index is 1.89. The molecule has 1 aromatic heterocycles. The third-order valence-corrected chi connectivity index (χ3v) is 3.72. The van der Waals surface area contributed by atoms with Gasteiger partial charge in [0, 0.05) is 29.7 Å². The fourth-order valence-corrected chi connectivity index (χ4v) is 2.64. The SMILES string of the molecule is Cc1ccc(OCc2cn(C)c3cccc(C)c23)cc1. The number of hydrogen-bond donors (Lipinski definition) is 0. The van der Waals surface area contributed by atoms with E-state index in [-0.39, 0.29) is 0 Å². The van der Waals surface area contributed by atoms with Crippen molar-refractivity contribution >= 4 is 10.9 Å². The molecular weight excluding hydrogens is 246 g/mol. The van der Waals surface area contributed by atoms with Gasteiger partial charge in [0.05, 0.1) is 0 Å². The predicted molar refractivity (Wildman–Crippen MR) is 83.2 cm³/mol. The van der Waals surface area contributed by atoms with Gasteiger partial charge in [0.1, 0.15) is 12.4 Å². The van der Waals surface area contributed by atoms with E-state index in [2.05, 4.69) is 62.0 Å². The molecule has 1 heterocycles. The van der Waals surface area contributed by atoms with Crippen LogP contribution in [0.2, 0.25) is 0 Å². The Morgan fingerprint density at radius 3 is 2.50 bits per heavy atom. The van der Waals surface area contributed by atoms with Gasteiger partial charge in [-0.2, -0.15) is 0 Å². The third-order valence-electron chi connectivity index (χ3n) is 3.72. The summed E-state index contributed by atoms with van der Waals surface area (Å²) in [6.45, 7) is 4.83. The fraction of sp³-hybridized carbons (Fsp3) is 0.222. The molecule has 2 heteroatoms.